The highest BCUT2D eigenvalue weighted by Gasteiger charge is 2.23. The van der Waals surface area contributed by atoms with Gasteiger partial charge in [-0.25, -0.2) is 9.37 Å². The average Bonchev–Trinajstić information content (AvgIpc) is 3.43. The molecule has 1 aliphatic rings. The van der Waals surface area contributed by atoms with Crippen LogP contribution in [-0.4, -0.2) is 22.1 Å². The van der Waals surface area contributed by atoms with Gasteiger partial charge in [0.2, 0.25) is 12.7 Å². The number of halogens is 1. The van der Waals surface area contributed by atoms with Gasteiger partial charge < -0.3 is 19.2 Å². The molecule has 2 aromatic heterocycles. The van der Waals surface area contributed by atoms with Crippen molar-refractivity contribution in [3.63, 3.8) is 0 Å². The smallest absolute Gasteiger partial charge is 0.231 e. The van der Waals surface area contributed by atoms with Gasteiger partial charge in [0.15, 0.2) is 11.5 Å². The highest BCUT2D eigenvalue weighted by Crippen LogP contribution is 2.33. The van der Waals surface area contributed by atoms with E-state index in [1.165, 1.54) is 12.1 Å². The summed E-state index contributed by atoms with van der Waals surface area (Å²) in [5.41, 5.74) is 4.28. The Balaban J connectivity index is 1.40. The Hall–Kier alpha value is -3.87. The van der Waals surface area contributed by atoms with Gasteiger partial charge >= 0.3 is 0 Å². The summed E-state index contributed by atoms with van der Waals surface area (Å²) in [4.78, 5) is 17.4. The van der Waals surface area contributed by atoms with E-state index in [1.807, 2.05) is 53.8 Å². The van der Waals surface area contributed by atoms with Crippen LogP contribution in [0.2, 0.25) is 0 Å². The number of carbonyl (C=O) groups excluding carboxylic acids is 1. The topological polar surface area (TPSA) is 64.9 Å². The molecule has 7 heteroatoms. The van der Waals surface area contributed by atoms with Crippen LogP contribution >= 0.6 is 0 Å². The van der Waals surface area contributed by atoms with Gasteiger partial charge in [0.1, 0.15) is 11.5 Å². The molecule has 2 aromatic carbocycles. The highest BCUT2D eigenvalue weighted by molar-refractivity contribution is 5.77. The number of amides is 1. The number of aromatic nitrogens is 2. The van der Waals surface area contributed by atoms with Gasteiger partial charge in [-0.05, 0) is 54.4 Å². The normalized spacial score (nSPS) is 13.3. The lowest BCUT2D eigenvalue weighted by Gasteiger charge is -2.18. The van der Waals surface area contributed by atoms with Crippen LogP contribution in [0, 0.1) is 12.7 Å². The summed E-state index contributed by atoms with van der Waals surface area (Å²) < 4.78 is 26.8. The second-order valence-electron chi connectivity index (χ2n) is 7.82. The molecule has 0 saturated carbocycles. The number of nitrogens with zero attached hydrogens (tertiary/aromatic N) is 2. The van der Waals surface area contributed by atoms with Crippen LogP contribution in [0.5, 0.6) is 11.5 Å². The summed E-state index contributed by atoms with van der Waals surface area (Å²) in [5.74, 6) is 0.558. The zero-order valence-corrected chi connectivity index (χ0v) is 17.5. The first-order valence-corrected chi connectivity index (χ1v) is 10.4. The predicted molar refractivity (Wildman–Crippen MR) is 117 cm³/mol. The fourth-order valence-corrected chi connectivity index (χ4v) is 4.10. The fourth-order valence-electron chi connectivity index (χ4n) is 4.10. The molecule has 1 amide bonds. The van der Waals surface area contributed by atoms with Crippen molar-refractivity contribution >= 4 is 11.6 Å². The van der Waals surface area contributed by atoms with Crippen molar-refractivity contribution in [3.05, 3.63) is 95.2 Å². The number of rotatable bonds is 6. The zero-order valence-electron chi connectivity index (χ0n) is 17.5. The van der Waals surface area contributed by atoms with Crippen LogP contribution in [0.3, 0.4) is 0 Å². The van der Waals surface area contributed by atoms with Gasteiger partial charge in [-0.1, -0.05) is 24.3 Å². The molecule has 32 heavy (non-hydrogen) atoms. The second-order valence-corrected chi connectivity index (χ2v) is 7.82. The van der Waals surface area contributed by atoms with E-state index in [4.69, 9.17) is 9.47 Å². The third kappa shape index (κ3) is 3.89. The van der Waals surface area contributed by atoms with Gasteiger partial charge in [-0.3, -0.25) is 4.79 Å². The van der Waals surface area contributed by atoms with Crippen molar-refractivity contribution in [2.24, 2.45) is 0 Å². The number of carbonyl (C=O) groups is 1. The minimum atomic E-state index is -0.349. The predicted octanol–water partition coefficient (Wildman–Crippen LogP) is 4.35. The van der Waals surface area contributed by atoms with E-state index < -0.39 is 0 Å². The minimum absolute atomic E-state index is 0.138. The van der Waals surface area contributed by atoms with E-state index in [2.05, 4.69) is 10.3 Å². The molecule has 4 aromatic rings. The van der Waals surface area contributed by atoms with Crippen LogP contribution in [-0.2, 0) is 11.3 Å². The molecule has 5 rings (SSSR count). The first-order chi connectivity index (χ1) is 15.6. The lowest BCUT2D eigenvalue weighted by atomic mass is 9.92. The van der Waals surface area contributed by atoms with Gasteiger partial charge in [0.25, 0.3) is 0 Å². The molecule has 1 N–H and O–H groups in total. The summed E-state index contributed by atoms with van der Waals surface area (Å²) in [5, 5.41) is 2.97. The van der Waals surface area contributed by atoms with E-state index >= 15 is 0 Å². The molecule has 1 atom stereocenters. The van der Waals surface area contributed by atoms with Gasteiger partial charge in [-0.15, -0.1) is 0 Å². The standard InChI is InChI=1S/C25H22FN3O3/c1-16-4-2-7-24-27-14-21(29(16)24)20(18-5-3-6-19(26)11-18)12-25(30)28-13-17-8-9-22-23(10-17)32-15-31-22/h2-11,14,20H,12-13,15H2,1H3,(H,28,30). The van der Waals surface area contributed by atoms with Gasteiger partial charge in [0.05, 0.1) is 5.69 Å². The van der Waals surface area contributed by atoms with Crippen molar-refractivity contribution in [1.82, 2.24) is 14.7 Å². The number of ether oxygens (including phenoxy) is 2. The monoisotopic (exact) mass is 431 g/mol. The SMILES string of the molecule is Cc1cccc2ncc(C(CC(=O)NCc3ccc4c(c3)OCO4)c3cccc(F)c3)n12. The van der Waals surface area contributed by atoms with Crippen molar-refractivity contribution in [3.8, 4) is 11.5 Å². The quantitative estimate of drug-likeness (QED) is 0.493. The molecule has 0 bridgehead atoms. The van der Waals surface area contributed by atoms with Crippen LogP contribution in [0.25, 0.3) is 5.65 Å². The van der Waals surface area contributed by atoms with Crippen LogP contribution in [0.4, 0.5) is 4.39 Å². The van der Waals surface area contributed by atoms with Gasteiger partial charge in [-0.2, -0.15) is 0 Å². The summed E-state index contributed by atoms with van der Waals surface area (Å²) in [6, 6.07) is 17.8. The van der Waals surface area contributed by atoms with Crippen LogP contribution in [0.1, 0.15) is 34.9 Å². The third-order valence-corrected chi connectivity index (χ3v) is 5.68. The third-order valence-electron chi connectivity index (χ3n) is 5.68. The molecule has 0 aliphatic carbocycles. The van der Waals surface area contributed by atoms with Crippen LogP contribution < -0.4 is 14.8 Å². The summed E-state index contributed by atoms with van der Waals surface area (Å²) >= 11 is 0. The molecule has 6 nitrogen and oxygen atoms in total. The highest BCUT2D eigenvalue weighted by atomic mass is 19.1. The van der Waals surface area contributed by atoms with Crippen molar-refractivity contribution in [2.75, 3.05) is 6.79 Å². The van der Waals surface area contributed by atoms with E-state index in [0.717, 1.165) is 28.2 Å². The summed E-state index contributed by atoms with van der Waals surface area (Å²) in [7, 11) is 0. The Morgan fingerprint density at radius 3 is 2.84 bits per heavy atom. The Morgan fingerprint density at radius 2 is 1.97 bits per heavy atom. The molecule has 0 fully saturated rings. The first-order valence-electron chi connectivity index (χ1n) is 10.4. The number of imidazole rings is 1. The van der Waals surface area contributed by atoms with Gasteiger partial charge in [0, 0.05) is 30.8 Å². The number of hydrogen-bond acceptors (Lipinski definition) is 4. The maximum Gasteiger partial charge on any atom is 0.231 e. The van der Waals surface area contributed by atoms with E-state index in [1.54, 1.807) is 12.3 Å². The van der Waals surface area contributed by atoms with Crippen molar-refractivity contribution < 1.29 is 18.7 Å². The molecule has 0 radical (unpaired) electrons. The lowest BCUT2D eigenvalue weighted by molar-refractivity contribution is -0.121. The van der Waals surface area contributed by atoms with Crippen molar-refractivity contribution in [1.29, 1.82) is 0 Å². The average molecular weight is 431 g/mol. The molecular formula is C25H22FN3O3. The molecule has 0 saturated heterocycles. The number of aryl methyl sites for hydroxylation is 1. The number of fused-ring (bicyclic) bond motifs is 2. The fraction of sp³-hybridized carbons (Fsp3) is 0.200. The van der Waals surface area contributed by atoms with E-state index in [0.29, 0.717) is 18.0 Å². The second kappa shape index (κ2) is 8.34. The Morgan fingerprint density at radius 1 is 1.12 bits per heavy atom. The maximum atomic E-state index is 14.0. The summed E-state index contributed by atoms with van der Waals surface area (Å²) in [6.45, 7) is 2.55. The zero-order chi connectivity index (χ0) is 22.1. The summed E-state index contributed by atoms with van der Waals surface area (Å²) in [6.07, 6.45) is 1.93. The number of nitrogens with one attached hydrogen (secondary N) is 1. The van der Waals surface area contributed by atoms with E-state index in [-0.39, 0.29) is 30.9 Å². The van der Waals surface area contributed by atoms with Crippen molar-refractivity contribution in [2.45, 2.75) is 25.8 Å². The first kappa shape index (κ1) is 20.1. The molecular weight excluding hydrogens is 409 g/mol. The maximum absolute atomic E-state index is 14.0. The number of benzene rings is 2. The molecule has 3 heterocycles. The lowest BCUT2D eigenvalue weighted by Crippen LogP contribution is -2.25. The Kier molecular flexibility index (Phi) is 5.23. The minimum Gasteiger partial charge on any atom is -0.454 e. The largest absolute Gasteiger partial charge is 0.454 e. The molecule has 162 valence electrons. The molecule has 0 spiro atoms. The molecule has 1 aliphatic heterocycles. The molecule has 1 unspecified atom stereocenters. The number of pyridine rings is 1. The Labute approximate surface area is 184 Å². The Bertz CT molecular complexity index is 1300. The van der Waals surface area contributed by atoms with E-state index in [9.17, 15) is 9.18 Å². The van der Waals surface area contributed by atoms with Crippen LogP contribution in [0.15, 0.2) is 66.9 Å². The number of hydrogen-bond donors (Lipinski definition) is 1.